The van der Waals surface area contributed by atoms with E-state index in [2.05, 4.69) is 0 Å². The molecule has 0 saturated heterocycles. The van der Waals surface area contributed by atoms with Gasteiger partial charge in [-0.25, -0.2) is 17.8 Å². The van der Waals surface area contributed by atoms with Crippen LogP contribution in [0.5, 0.6) is 0 Å². The van der Waals surface area contributed by atoms with Crippen molar-refractivity contribution in [3.8, 4) is 0 Å². The van der Waals surface area contributed by atoms with E-state index in [0.29, 0.717) is 23.1 Å². The Bertz CT molecular complexity index is 906. The van der Waals surface area contributed by atoms with Gasteiger partial charge in [0, 0.05) is 11.1 Å². The maximum Gasteiger partial charge on any atom is 0.339 e. The zero-order valence-corrected chi connectivity index (χ0v) is 14.7. The number of carbonyl (C=O) groups excluding carboxylic acids is 1. The molecular weight excluding hydrogens is 362 g/mol. The zero-order valence-electron chi connectivity index (χ0n) is 13.9. The third-order valence-electron chi connectivity index (χ3n) is 4.19. The summed E-state index contributed by atoms with van der Waals surface area (Å²) >= 11 is -2.15. The molecule has 1 N–H and O–H groups in total. The summed E-state index contributed by atoms with van der Waals surface area (Å²) in [4.78, 5) is 12.4. The van der Waals surface area contributed by atoms with Crippen LogP contribution < -0.4 is 0 Å². The molecule has 136 valence electrons. The lowest BCUT2D eigenvalue weighted by atomic mass is 9.91. The third kappa shape index (κ3) is 3.59. The Balaban J connectivity index is 2.13. The molecule has 4 nitrogen and oxygen atoms in total. The van der Waals surface area contributed by atoms with Gasteiger partial charge in [-0.3, -0.25) is 0 Å². The van der Waals surface area contributed by atoms with E-state index in [4.69, 9.17) is 9.29 Å². The van der Waals surface area contributed by atoms with Gasteiger partial charge >= 0.3 is 5.97 Å². The lowest BCUT2D eigenvalue weighted by molar-refractivity contribution is -0.137. The molecule has 0 spiro atoms. The number of benzene rings is 2. The minimum atomic E-state index is -2.15. The molecule has 26 heavy (non-hydrogen) atoms. The van der Waals surface area contributed by atoms with Gasteiger partial charge in [-0.15, -0.1) is 0 Å². The molecule has 2 unspecified atom stereocenters. The van der Waals surface area contributed by atoms with Crippen LogP contribution in [0.2, 0.25) is 0 Å². The van der Waals surface area contributed by atoms with Crippen molar-refractivity contribution in [2.45, 2.75) is 25.2 Å². The Labute approximate surface area is 151 Å². The molecule has 3 rings (SSSR count). The largest absolute Gasteiger partial charge is 0.454 e. The average Bonchev–Trinajstić information content (AvgIpc) is 2.93. The van der Waals surface area contributed by atoms with Gasteiger partial charge in [0.25, 0.3) is 0 Å². The summed E-state index contributed by atoms with van der Waals surface area (Å²) in [6.45, 7) is 1.84. The van der Waals surface area contributed by atoms with Crippen molar-refractivity contribution in [2.24, 2.45) is 0 Å². The van der Waals surface area contributed by atoms with Gasteiger partial charge in [0.1, 0.15) is 17.7 Å². The van der Waals surface area contributed by atoms with Crippen LogP contribution in [-0.2, 0) is 26.4 Å². The van der Waals surface area contributed by atoms with E-state index in [0.717, 1.165) is 0 Å². The number of halogens is 2. The van der Waals surface area contributed by atoms with E-state index in [1.54, 1.807) is 6.07 Å². The number of carbonyl (C=O) groups is 1. The highest BCUT2D eigenvalue weighted by Gasteiger charge is 2.34. The first-order chi connectivity index (χ1) is 12.4. The fourth-order valence-corrected chi connectivity index (χ4v) is 3.49. The minimum absolute atomic E-state index is 0.108. The quantitative estimate of drug-likeness (QED) is 0.632. The minimum Gasteiger partial charge on any atom is -0.454 e. The molecule has 0 bridgehead atoms. The lowest BCUT2D eigenvalue weighted by Crippen LogP contribution is -2.09. The molecular formula is C19H16F2O4S. The molecule has 2 aromatic carbocycles. The van der Waals surface area contributed by atoms with Crippen molar-refractivity contribution >= 4 is 28.2 Å². The second-order valence-corrected chi connectivity index (χ2v) is 6.80. The van der Waals surface area contributed by atoms with E-state index >= 15 is 0 Å². The maximum atomic E-state index is 14.3. The monoisotopic (exact) mass is 378 g/mol. The SMILES string of the molecule is CCC1OC(=O)C(c2ccc(F)cc2)=C1c1ccc(CS(=O)O)c(F)c1. The second kappa shape index (κ2) is 7.47. The van der Waals surface area contributed by atoms with Crippen molar-refractivity contribution in [3.63, 3.8) is 0 Å². The highest BCUT2D eigenvalue weighted by atomic mass is 32.2. The van der Waals surface area contributed by atoms with Gasteiger partial charge in [0.2, 0.25) is 0 Å². The number of hydrogen-bond donors (Lipinski definition) is 1. The predicted octanol–water partition coefficient (Wildman–Crippen LogP) is 3.93. The van der Waals surface area contributed by atoms with E-state index in [1.165, 1.54) is 36.4 Å². The van der Waals surface area contributed by atoms with Crippen LogP contribution in [0.25, 0.3) is 11.1 Å². The van der Waals surface area contributed by atoms with Crippen LogP contribution in [0.4, 0.5) is 8.78 Å². The second-order valence-electron chi connectivity index (χ2n) is 5.87. The highest BCUT2D eigenvalue weighted by Crippen LogP contribution is 2.39. The number of esters is 1. The molecule has 7 heteroatoms. The summed E-state index contributed by atoms with van der Waals surface area (Å²) in [6, 6.07) is 9.68. The van der Waals surface area contributed by atoms with Crippen LogP contribution in [0.15, 0.2) is 42.5 Å². The summed E-state index contributed by atoms with van der Waals surface area (Å²) < 4.78 is 52.8. The molecule has 0 aliphatic carbocycles. The van der Waals surface area contributed by atoms with Crippen LogP contribution in [0, 0.1) is 11.6 Å². The predicted molar refractivity (Wildman–Crippen MR) is 94.3 cm³/mol. The van der Waals surface area contributed by atoms with Gasteiger partial charge in [-0.2, -0.15) is 0 Å². The Hall–Kier alpha value is -2.38. The molecule has 1 aliphatic rings. The van der Waals surface area contributed by atoms with Crippen LogP contribution in [0.1, 0.15) is 30.0 Å². The first-order valence-electron chi connectivity index (χ1n) is 7.98. The molecule has 0 saturated carbocycles. The molecule has 0 aromatic heterocycles. The van der Waals surface area contributed by atoms with E-state index in [-0.39, 0.29) is 16.9 Å². The molecule has 0 amide bonds. The molecule has 2 atom stereocenters. The van der Waals surface area contributed by atoms with Crippen molar-refractivity contribution in [1.29, 1.82) is 0 Å². The zero-order chi connectivity index (χ0) is 18.8. The summed E-state index contributed by atoms with van der Waals surface area (Å²) in [5.74, 6) is -1.92. The van der Waals surface area contributed by atoms with Crippen LogP contribution >= 0.6 is 0 Å². The third-order valence-corrected chi connectivity index (χ3v) is 4.75. The maximum absolute atomic E-state index is 14.3. The topological polar surface area (TPSA) is 63.6 Å². The first kappa shape index (κ1) is 18.4. The van der Waals surface area contributed by atoms with E-state index in [9.17, 15) is 17.8 Å². The van der Waals surface area contributed by atoms with E-state index < -0.39 is 34.8 Å². The Morgan fingerprint density at radius 3 is 2.35 bits per heavy atom. The standard InChI is InChI=1S/C19H16F2O4S/c1-2-16-17(12-3-4-13(10-26(23)24)15(21)9-12)18(19(22)25-16)11-5-7-14(20)8-6-11/h3-9,16H,2,10H2,1H3,(H,23,24). The highest BCUT2D eigenvalue weighted by molar-refractivity contribution is 7.78. The fourth-order valence-electron chi connectivity index (χ4n) is 2.99. The number of rotatable bonds is 5. The number of hydrogen-bond acceptors (Lipinski definition) is 3. The van der Waals surface area contributed by atoms with Gasteiger partial charge in [0.15, 0.2) is 11.1 Å². The summed E-state index contributed by atoms with van der Waals surface area (Å²) in [7, 11) is 0. The first-order valence-corrected chi connectivity index (χ1v) is 9.25. The molecule has 0 radical (unpaired) electrons. The smallest absolute Gasteiger partial charge is 0.339 e. The van der Waals surface area contributed by atoms with Gasteiger partial charge in [-0.05, 0) is 35.7 Å². The van der Waals surface area contributed by atoms with Gasteiger partial charge in [-0.1, -0.05) is 31.2 Å². The summed E-state index contributed by atoms with van der Waals surface area (Å²) in [5.41, 5.74) is 1.85. The Kier molecular flexibility index (Phi) is 5.29. The van der Waals surface area contributed by atoms with Crippen LogP contribution in [0.3, 0.4) is 0 Å². The lowest BCUT2D eigenvalue weighted by Gasteiger charge is -2.13. The van der Waals surface area contributed by atoms with Crippen molar-refractivity contribution in [2.75, 3.05) is 0 Å². The number of ether oxygens (including phenoxy) is 1. The fraction of sp³-hybridized carbons (Fsp3) is 0.211. The van der Waals surface area contributed by atoms with E-state index in [1.807, 2.05) is 6.92 Å². The van der Waals surface area contributed by atoms with Crippen LogP contribution in [-0.4, -0.2) is 20.8 Å². The van der Waals surface area contributed by atoms with Gasteiger partial charge in [0.05, 0.1) is 11.3 Å². The molecule has 1 heterocycles. The normalized spacial score (nSPS) is 18.2. The Morgan fingerprint density at radius 2 is 1.77 bits per heavy atom. The summed E-state index contributed by atoms with van der Waals surface area (Å²) in [6.07, 6.45) is -0.0460. The molecule has 1 aliphatic heterocycles. The summed E-state index contributed by atoms with van der Waals surface area (Å²) in [5, 5.41) is 0. The number of cyclic esters (lactones) is 1. The van der Waals surface area contributed by atoms with Crippen molar-refractivity contribution < 1.29 is 27.1 Å². The Morgan fingerprint density at radius 1 is 1.12 bits per heavy atom. The average molecular weight is 378 g/mol. The molecule has 2 aromatic rings. The van der Waals surface area contributed by atoms with Gasteiger partial charge < -0.3 is 9.29 Å². The van der Waals surface area contributed by atoms with Crippen molar-refractivity contribution in [1.82, 2.24) is 0 Å². The molecule has 0 fully saturated rings. The van der Waals surface area contributed by atoms with Crippen molar-refractivity contribution in [3.05, 3.63) is 70.8 Å².